The lowest BCUT2D eigenvalue weighted by Gasteiger charge is -2.23. The molecule has 0 atom stereocenters. The molecule has 0 spiro atoms. The molecular formula is C19H29N2O+. The molecule has 22 heavy (non-hydrogen) atoms. The van der Waals surface area contributed by atoms with Crippen molar-refractivity contribution in [2.24, 2.45) is 0 Å². The van der Waals surface area contributed by atoms with E-state index in [1.807, 2.05) is 0 Å². The molecule has 1 heterocycles. The van der Waals surface area contributed by atoms with Gasteiger partial charge >= 0.3 is 0 Å². The highest BCUT2D eigenvalue weighted by Crippen LogP contribution is 2.34. The number of hydrogen-bond acceptors (Lipinski definition) is 1. The Morgan fingerprint density at radius 3 is 2.36 bits per heavy atom. The van der Waals surface area contributed by atoms with E-state index in [0.29, 0.717) is 6.42 Å². The van der Waals surface area contributed by atoms with Gasteiger partial charge in [-0.25, -0.2) is 0 Å². The summed E-state index contributed by atoms with van der Waals surface area (Å²) in [6.45, 7) is 3.46. The van der Waals surface area contributed by atoms with Gasteiger partial charge in [-0.2, -0.15) is 0 Å². The molecule has 3 heteroatoms. The van der Waals surface area contributed by atoms with Crippen molar-refractivity contribution in [1.82, 2.24) is 0 Å². The van der Waals surface area contributed by atoms with Gasteiger partial charge in [-0.1, -0.05) is 25.0 Å². The summed E-state index contributed by atoms with van der Waals surface area (Å²) < 4.78 is 0. The summed E-state index contributed by atoms with van der Waals surface area (Å²) >= 11 is 0. The number of benzene rings is 1. The second-order valence-electron chi connectivity index (χ2n) is 6.96. The molecule has 120 valence electrons. The molecule has 2 fully saturated rings. The molecule has 1 amide bonds. The van der Waals surface area contributed by atoms with Crippen molar-refractivity contribution >= 4 is 11.6 Å². The van der Waals surface area contributed by atoms with E-state index in [-0.39, 0.29) is 5.91 Å². The molecule has 1 aromatic rings. The maximum absolute atomic E-state index is 12.1. The van der Waals surface area contributed by atoms with Crippen LogP contribution in [0.4, 0.5) is 5.69 Å². The Balaban J connectivity index is 1.44. The maximum atomic E-state index is 12.1. The number of amides is 1. The lowest BCUT2D eigenvalue weighted by Crippen LogP contribution is -3.12. The zero-order chi connectivity index (χ0) is 15.2. The van der Waals surface area contributed by atoms with E-state index in [9.17, 15) is 4.79 Å². The van der Waals surface area contributed by atoms with Gasteiger partial charge in [-0.05, 0) is 55.7 Å². The average molecular weight is 301 g/mol. The van der Waals surface area contributed by atoms with Crippen LogP contribution in [-0.2, 0) is 4.79 Å². The normalized spacial score (nSPS) is 20.2. The fourth-order valence-electron chi connectivity index (χ4n) is 3.91. The van der Waals surface area contributed by atoms with Gasteiger partial charge in [0.05, 0.1) is 26.1 Å². The minimum Gasteiger partial charge on any atom is -0.335 e. The molecule has 0 unspecified atom stereocenters. The Kier molecular flexibility index (Phi) is 5.49. The third-order valence-corrected chi connectivity index (χ3v) is 5.29. The van der Waals surface area contributed by atoms with Crippen LogP contribution in [0.25, 0.3) is 0 Å². The Bertz CT molecular complexity index is 471. The molecule has 1 aromatic carbocycles. The summed E-state index contributed by atoms with van der Waals surface area (Å²) in [5, 5.41) is 3.05. The van der Waals surface area contributed by atoms with Crippen LogP contribution in [0.5, 0.6) is 0 Å². The molecular weight excluding hydrogens is 272 g/mol. The van der Waals surface area contributed by atoms with E-state index in [2.05, 4.69) is 29.6 Å². The number of nitrogens with one attached hydrogen (secondary N) is 2. The van der Waals surface area contributed by atoms with Crippen molar-refractivity contribution in [3.05, 3.63) is 29.8 Å². The summed E-state index contributed by atoms with van der Waals surface area (Å²) in [6, 6.07) is 8.53. The molecule has 2 aliphatic rings. The SMILES string of the molecule is O=C(CC[NH+]1CCCCC1)Nc1ccc(C2CCCC2)cc1. The summed E-state index contributed by atoms with van der Waals surface area (Å²) in [6.07, 6.45) is 10.0. The minimum absolute atomic E-state index is 0.159. The fraction of sp³-hybridized carbons (Fsp3) is 0.632. The summed E-state index contributed by atoms with van der Waals surface area (Å²) in [4.78, 5) is 13.7. The largest absolute Gasteiger partial charge is 0.335 e. The Morgan fingerprint density at radius 2 is 1.68 bits per heavy atom. The molecule has 2 N–H and O–H groups in total. The van der Waals surface area contributed by atoms with Crippen molar-refractivity contribution in [1.29, 1.82) is 0 Å². The summed E-state index contributed by atoms with van der Waals surface area (Å²) in [5.41, 5.74) is 2.38. The zero-order valence-electron chi connectivity index (χ0n) is 13.6. The van der Waals surface area contributed by atoms with E-state index in [0.717, 1.165) is 18.2 Å². The Morgan fingerprint density at radius 1 is 1.00 bits per heavy atom. The van der Waals surface area contributed by atoms with Gasteiger partial charge in [0, 0.05) is 5.69 Å². The smallest absolute Gasteiger partial charge is 0.230 e. The van der Waals surface area contributed by atoms with Crippen molar-refractivity contribution in [3.8, 4) is 0 Å². The highest BCUT2D eigenvalue weighted by atomic mass is 16.1. The van der Waals surface area contributed by atoms with E-state index in [1.165, 1.54) is 63.6 Å². The number of carbonyl (C=O) groups is 1. The third-order valence-electron chi connectivity index (χ3n) is 5.29. The average Bonchev–Trinajstić information content (AvgIpc) is 3.09. The molecule has 0 aromatic heterocycles. The second-order valence-corrected chi connectivity index (χ2v) is 6.96. The van der Waals surface area contributed by atoms with Crippen LogP contribution >= 0.6 is 0 Å². The molecule has 1 aliphatic heterocycles. The lowest BCUT2D eigenvalue weighted by molar-refractivity contribution is -0.904. The van der Waals surface area contributed by atoms with E-state index < -0.39 is 0 Å². The summed E-state index contributed by atoms with van der Waals surface area (Å²) in [5.74, 6) is 0.902. The fourth-order valence-corrected chi connectivity index (χ4v) is 3.91. The highest BCUT2D eigenvalue weighted by molar-refractivity contribution is 5.90. The number of carbonyl (C=O) groups excluding carboxylic acids is 1. The predicted molar refractivity (Wildman–Crippen MR) is 90.3 cm³/mol. The lowest BCUT2D eigenvalue weighted by atomic mass is 9.97. The Labute approximate surface area is 134 Å². The van der Waals surface area contributed by atoms with E-state index >= 15 is 0 Å². The van der Waals surface area contributed by atoms with Gasteiger partial charge in [0.2, 0.25) is 5.91 Å². The number of rotatable bonds is 5. The molecule has 1 saturated heterocycles. The first kappa shape index (κ1) is 15.5. The van der Waals surface area contributed by atoms with E-state index in [4.69, 9.17) is 0 Å². The van der Waals surface area contributed by atoms with Gasteiger partial charge in [0.15, 0.2) is 0 Å². The molecule has 3 nitrogen and oxygen atoms in total. The quantitative estimate of drug-likeness (QED) is 0.861. The van der Waals surface area contributed by atoms with Crippen LogP contribution in [-0.4, -0.2) is 25.5 Å². The number of anilines is 1. The molecule has 1 saturated carbocycles. The van der Waals surface area contributed by atoms with Crippen molar-refractivity contribution in [3.63, 3.8) is 0 Å². The van der Waals surface area contributed by atoms with Crippen molar-refractivity contribution < 1.29 is 9.69 Å². The van der Waals surface area contributed by atoms with Crippen LogP contribution in [0, 0.1) is 0 Å². The standard InChI is InChI=1S/C19H28N2O/c22-19(12-15-21-13-4-1-5-14-21)20-18-10-8-17(9-11-18)16-6-2-3-7-16/h8-11,16H,1-7,12-15H2,(H,20,22)/p+1. The van der Waals surface area contributed by atoms with Gasteiger partial charge in [-0.3, -0.25) is 4.79 Å². The highest BCUT2D eigenvalue weighted by Gasteiger charge is 2.17. The van der Waals surface area contributed by atoms with Crippen LogP contribution in [0.2, 0.25) is 0 Å². The van der Waals surface area contributed by atoms with E-state index in [1.54, 1.807) is 4.90 Å². The molecule has 3 rings (SSSR count). The third kappa shape index (κ3) is 4.33. The molecule has 0 bridgehead atoms. The van der Waals surface area contributed by atoms with Crippen LogP contribution in [0.1, 0.15) is 62.8 Å². The predicted octanol–water partition coefficient (Wildman–Crippen LogP) is 2.74. The van der Waals surface area contributed by atoms with Gasteiger partial charge in [0.25, 0.3) is 0 Å². The Hall–Kier alpha value is -1.35. The number of quaternary nitrogens is 1. The monoisotopic (exact) mass is 301 g/mol. The zero-order valence-corrected chi connectivity index (χ0v) is 13.6. The van der Waals surface area contributed by atoms with Crippen molar-refractivity contribution in [2.45, 2.75) is 57.3 Å². The number of hydrogen-bond donors (Lipinski definition) is 2. The molecule has 1 aliphatic carbocycles. The van der Waals surface area contributed by atoms with Crippen molar-refractivity contribution in [2.75, 3.05) is 25.0 Å². The number of piperidine rings is 1. The molecule has 0 radical (unpaired) electrons. The first-order valence-corrected chi connectivity index (χ1v) is 9.04. The number of likely N-dealkylation sites (tertiary alicyclic amines) is 1. The minimum atomic E-state index is 0.159. The topological polar surface area (TPSA) is 33.5 Å². The summed E-state index contributed by atoms with van der Waals surface area (Å²) in [7, 11) is 0. The first-order valence-electron chi connectivity index (χ1n) is 9.04. The van der Waals surface area contributed by atoms with Gasteiger partial charge in [-0.15, -0.1) is 0 Å². The van der Waals surface area contributed by atoms with Crippen LogP contribution < -0.4 is 10.2 Å². The van der Waals surface area contributed by atoms with Gasteiger partial charge < -0.3 is 10.2 Å². The maximum Gasteiger partial charge on any atom is 0.230 e. The van der Waals surface area contributed by atoms with Crippen LogP contribution in [0.3, 0.4) is 0 Å². The second kappa shape index (κ2) is 7.77. The first-order chi connectivity index (χ1) is 10.8. The van der Waals surface area contributed by atoms with Crippen LogP contribution in [0.15, 0.2) is 24.3 Å². The van der Waals surface area contributed by atoms with Gasteiger partial charge in [0.1, 0.15) is 0 Å².